The summed E-state index contributed by atoms with van der Waals surface area (Å²) < 4.78 is 0. The SMILES string of the molecule is O=[N+]([O-])c1ccc(NN=C[C@@H](O)[C@H](O)[C@H](O)[C@H](O)CO)cc1. The van der Waals surface area contributed by atoms with E-state index in [2.05, 4.69) is 10.5 Å². The van der Waals surface area contributed by atoms with Crippen molar-refractivity contribution >= 4 is 17.6 Å². The average molecular weight is 315 g/mol. The van der Waals surface area contributed by atoms with E-state index in [0.717, 1.165) is 6.21 Å². The summed E-state index contributed by atoms with van der Waals surface area (Å²) in [6.45, 7) is -0.775. The average Bonchev–Trinajstić information content (AvgIpc) is 2.52. The number of rotatable bonds is 8. The Kier molecular flexibility index (Phi) is 6.82. The van der Waals surface area contributed by atoms with E-state index in [-0.39, 0.29) is 5.69 Å². The minimum atomic E-state index is -1.75. The normalized spacial score (nSPS) is 17.0. The lowest BCUT2D eigenvalue weighted by Gasteiger charge is -2.23. The van der Waals surface area contributed by atoms with Gasteiger partial charge in [-0.25, -0.2) is 0 Å². The van der Waals surface area contributed by atoms with Crippen LogP contribution >= 0.6 is 0 Å². The van der Waals surface area contributed by atoms with Crippen LogP contribution in [-0.2, 0) is 0 Å². The zero-order valence-electron chi connectivity index (χ0n) is 11.4. The number of hydrogen-bond acceptors (Lipinski definition) is 9. The van der Waals surface area contributed by atoms with Crippen LogP contribution in [-0.4, -0.2) is 67.7 Å². The molecular formula is C12H17N3O7. The van der Waals surface area contributed by atoms with Crippen molar-refractivity contribution in [3.05, 3.63) is 34.4 Å². The molecule has 0 aliphatic heterocycles. The highest BCUT2D eigenvalue weighted by Gasteiger charge is 2.29. The monoisotopic (exact) mass is 315 g/mol. The zero-order valence-corrected chi connectivity index (χ0v) is 11.4. The predicted octanol–water partition coefficient (Wildman–Crippen LogP) is -1.57. The Labute approximate surface area is 125 Å². The van der Waals surface area contributed by atoms with E-state index in [1.54, 1.807) is 0 Å². The minimum Gasteiger partial charge on any atom is -0.394 e. The molecule has 0 fully saturated rings. The second-order valence-corrected chi connectivity index (χ2v) is 4.42. The zero-order chi connectivity index (χ0) is 16.7. The van der Waals surface area contributed by atoms with Crippen LogP contribution < -0.4 is 5.43 Å². The molecule has 0 heterocycles. The highest BCUT2D eigenvalue weighted by atomic mass is 16.6. The number of anilines is 1. The van der Waals surface area contributed by atoms with Gasteiger partial charge in [-0.1, -0.05) is 0 Å². The van der Waals surface area contributed by atoms with Gasteiger partial charge in [-0.05, 0) is 12.1 Å². The van der Waals surface area contributed by atoms with Gasteiger partial charge in [-0.2, -0.15) is 5.10 Å². The molecule has 22 heavy (non-hydrogen) atoms. The summed E-state index contributed by atoms with van der Waals surface area (Å²) in [7, 11) is 0. The molecule has 4 atom stereocenters. The van der Waals surface area contributed by atoms with E-state index in [4.69, 9.17) is 10.2 Å². The van der Waals surface area contributed by atoms with Crippen LogP contribution in [0.1, 0.15) is 0 Å². The third kappa shape index (κ3) is 5.02. The van der Waals surface area contributed by atoms with Crippen molar-refractivity contribution in [2.24, 2.45) is 5.10 Å². The van der Waals surface area contributed by atoms with Crippen LogP contribution in [0.2, 0.25) is 0 Å². The molecule has 0 saturated heterocycles. The van der Waals surface area contributed by atoms with E-state index >= 15 is 0 Å². The van der Waals surface area contributed by atoms with Gasteiger partial charge < -0.3 is 25.5 Å². The molecule has 10 nitrogen and oxygen atoms in total. The Hall–Kier alpha value is -2.11. The summed E-state index contributed by atoms with van der Waals surface area (Å²) in [4.78, 5) is 9.91. The van der Waals surface area contributed by atoms with Crippen molar-refractivity contribution in [2.75, 3.05) is 12.0 Å². The molecule has 0 unspecified atom stereocenters. The Morgan fingerprint density at radius 1 is 1.18 bits per heavy atom. The smallest absolute Gasteiger partial charge is 0.269 e. The maximum atomic E-state index is 10.5. The van der Waals surface area contributed by atoms with Gasteiger partial charge >= 0.3 is 0 Å². The second-order valence-electron chi connectivity index (χ2n) is 4.42. The number of nitro benzene ring substituents is 1. The first-order chi connectivity index (χ1) is 10.4. The molecule has 0 bridgehead atoms. The highest BCUT2D eigenvalue weighted by Crippen LogP contribution is 2.15. The van der Waals surface area contributed by atoms with Crippen molar-refractivity contribution in [1.29, 1.82) is 0 Å². The molecule has 1 aromatic carbocycles. The largest absolute Gasteiger partial charge is 0.394 e. The lowest BCUT2D eigenvalue weighted by Crippen LogP contribution is -2.46. The highest BCUT2D eigenvalue weighted by molar-refractivity contribution is 5.65. The van der Waals surface area contributed by atoms with Crippen molar-refractivity contribution in [3.8, 4) is 0 Å². The molecule has 0 amide bonds. The van der Waals surface area contributed by atoms with Gasteiger partial charge in [0.2, 0.25) is 0 Å². The maximum absolute atomic E-state index is 10.5. The fourth-order valence-electron chi connectivity index (χ4n) is 1.47. The summed E-state index contributed by atoms with van der Waals surface area (Å²) in [5, 5.41) is 60.3. The van der Waals surface area contributed by atoms with E-state index < -0.39 is 35.9 Å². The number of benzene rings is 1. The fraction of sp³-hybridized carbons (Fsp3) is 0.417. The van der Waals surface area contributed by atoms with E-state index in [1.165, 1.54) is 24.3 Å². The number of hydrogen-bond donors (Lipinski definition) is 6. The van der Waals surface area contributed by atoms with E-state index in [1.807, 2.05) is 0 Å². The number of nitrogens with one attached hydrogen (secondary N) is 1. The summed E-state index contributed by atoms with van der Waals surface area (Å²) in [5.41, 5.74) is 2.77. The maximum Gasteiger partial charge on any atom is 0.269 e. The molecule has 122 valence electrons. The molecule has 0 saturated carbocycles. The van der Waals surface area contributed by atoms with Crippen molar-refractivity contribution < 1.29 is 30.5 Å². The van der Waals surface area contributed by atoms with Crippen LogP contribution in [0.25, 0.3) is 0 Å². The molecule has 0 aliphatic carbocycles. The minimum absolute atomic E-state index is 0.0916. The van der Waals surface area contributed by atoms with Gasteiger partial charge in [0.25, 0.3) is 5.69 Å². The molecule has 10 heteroatoms. The standard InChI is InChI=1S/C12H17N3O7/c16-6-10(18)12(20)11(19)9(17)5-13-14-7-1-3-8(4-2-7)15(21)22/h1-5,9-12,14,16-20H,6H2/t9-,10-,11+,12-/m1/s1. The van der Waals surface area contributed by atoms with Crippen LogP contribution in [0.3, 0.4) is 0 Å². The Bertz CT molecular complexity index is 508. The molecular weight excluding hydrogens is 298 g/mol. The van der Waals surface area contributed by atoms with Gasteiger partial charge in [0, 0.05) is 12.1 Å². The third-order valence-corrected chi connectivity index (χ3v) is 2.78. The van der Waals surface area contributed by atoms with Gasteiger partial charge in [0.1, 0.15) is 24.4 Å². The van der Waals surface area contributed by atoms with Gasteiger partial charge in [0.05, 0.1) is 23.4 Å². The van der Waals surface area contributed by atoms with E-state index in [9.17, 15) is 25.4 Å². The predicted molar refractivity (Wildman–Crippen MR) is 76.3 cm³/mol. The number of nitro groups is 1. The number of non-ortho nitro benzene ring substituents is 1. The number of aliphatic hydroxyl groups excluding tert-OH is 5. The molecule has 0 aliphatic rings. The quantitative estimate of drug-likeness (QED) is 0.190. The Balaban J connectivity index is 2.55. The number of aliphatic hydroxyl groups is 5. The van der Waals surface area contributed by atoms with Gasteiger partial charge in [-0.15, -0.1) is 0 Å². The first kappa shape index (κ1) is 17.9. The van der Waals surface area contributed by atoms with Gasteiger partial charge in [-0.3, -0.25) is 15.5 Å². The van der Waals surface area contributed by atoms with Crippen molar-refractivity contribution in [3.63, 3.8) is 0 Å². The van der Waals surface area contributed by atoms with E-state index in [0.29, 0.717) is 5.69 Å². The first-order valence-electron chi connectivity index (χ1n) is 6.23. The van der Waals surface area contributed by atoms with Crippen LogP contribution in [0, 0.1) is 10.1 Å². The first-order valence-corrected chi connectivity index (χ1v) is 6.23. The number of hydrazone groups is 1. The third-order valence-electron chi connectivity index (χ3n) is 2.78. The molecule has 1 aromatic rings. The van der Waals surface area contributed by atoms with Gasteiger partial charge in [0.15, 0.2) is 0 Å². The second kappa shape index (κ2) is 8.36. The van der Waals surface area contributed by atoms with Crippen LogP contribution in [0.5, 0.6) is 0 Å². The van der Waals surface area contributed by atoms with Crippen LogP contribution in [0.4, 0.5) is 11.4 Å². The molecule has 6 N–H and O–H groups in total. The fourth-order valence-corrected chi connectivity index (χ4v) is 1.47. The lowest BCUT2D eigenvalue weighted by molar-refractivity contribution is -0.384. The topological polar surface area (TPSA) is 169 Å². The summed E-state index contributed by atoms with van der Waals surface area (Å²) in [6, 6.07) is 5.29. The lowest BCUT2D eigenvalue weighted by atomic mass is 10.0. The van der Waals surface area contributed by atoms with Crippen molar-refractivity contribution in [1.82, 2.24) is 0 Å². The summed E-state index contributed by atoms with van der Waals surface area (Å²) >= 11 is 0. The Morgan fingerprint density at radius 3 is 2.27 bits per heavy atom. The Morgan fingerprint density at radius 2 is 1.77 bits per heavy atom. The van der Waals surface area contributed by atoms with Crippen molar-refractivity contribution in [2.45, 2.75) is 24.4 Å². The molecule has 0 spiro atoms. The van der Waals surface area contributed by atoms with Crippen LogP contribution in [0.15, 0.2) is 29.4 Å². The number of nitrogens with zero attached hydrogens (tertiary/aromatic N) is 2. The summed E-state index contributed by atoms with van der Waals surface area (Å²) in [5.74, 6) is 0. The summed E-state index contributed by atoms with van der Waals surface area (Å²) in [6.07, 6.45) is -5.81. The molecule has 0 radical (unpaired) electrons. The molecule has 1 rings (SSSR count). The molecule has 0 aromatic heterocycles.